The Balaban J connectivity index is 1.78. The molecule has 3 heterocycles. The Kier molecular flexibility index (Phi) is 3.52. The number of rotatable bonds is 3. The fraction of sp³-hybridized carbons (Fsp3) is 0.0588. The summed E-state index contributed by atoms with van der Waals surface area (Å²) < 4.78 is 1.42. The van der Waals surface area contributed by atoms with Gasteiger partial charge in [-0.15, -0.1) is 22.9 Å². The van der Waals surface area contributed by atoms with Crippen LogP contribution in [0.5, 0.6) is 5.88 Å². The topological polar surface area (TPSA) is 50.4 Å². The normalized spacial score (nSPS) is 11.2. The van der Waals surface area contributed by atoms with Gasteiger partial charge in [0.2, 0.25) is 5.88 Å². The molecule has 0 unspecified atom stereocenters. The highest BCUT2D eigenvalue weighted by Gasteiger charge is 2.12. The van der Waals surface area contributed by atoms with Gasteiger partial charge < -0.3 is 5.11 Å². The lowest BCUT2D eigenvalue weighted by Crippen LogP contribution is -1.94. The Morgan fingerprint density at radius 2 is 1.91 bits per heavy atom. The van der Waals surface area contributed by atoms with Gasteiger partial charge in [-0.3, -0.25) is 0 Å². The molecule has 0 aliphatic carbocycles. The maximum Gasteiger partial charge on any atom is 0.215 e. The third-order valence-corrected chi connectivity index (χ3v) is 4.78. The van der Waals surface area contributed by atoms with Crippen molar-refractivity contribution < 1.29 is 5.11 Å². The third kappa shape index (κ3) is 2.58. The van der Waals surface area contributed by atoms with E-state index in [0.29, 0.717) is 11.3 Å². The molecule has 1 N–H and O–H groups in total. The van der Waals surface area contributed by atoms with Crippen LogP contribution in [0.1, 0.15) is 5.69 Å². The predicted molar refractivity (Wildman–Crippen MR) is 93.0 cm³/mol. The zero-order valence-electron chi connectivity index (χ0n) is 12.0. The van der Waals surface area contributed by atoms with E-state index in [0.717, 1.165) is 16.1 Å². The van der Waals surface area contributed by atoms with Crippen molar-refractivity contribution in [2.24, 2.45) is 0 Å². The highest BCUT2D eigenvalue weighted by atomic mass is 35.5. The van der Waals surface area contributed by atoms with E-state index in [2.05, 4.69) is 33.7 Å². The van der Waals surface area contributed by atoms with Crippen molar-refractivity contribution in [1.29, 1.82) is 0 Å². The molecule has 0 spiro atoms. The number of aromatic nitrogens is 3. The maximum atomic E-state index is 10.0. The van der Waals surface area contributed by atoms with Crippen molar-refractivity contribution in [3.63, 3.8) is 0 Å². The molecule has 0 aliphatic heterocycles. The number of alkyl halides is 1. The molecule has 23 heavy (non-hydrogen) atoms. The number of halogens is 1. The number of nitrogens with zero attached hydrogens (tertiary/aromatic N) is 3. The number of fused-ring (bicyclic) bond motifs is 1. The molecule has 4 aromatic rings. The Morgan fingerprint density at radius 1 is 1.09 bits per heavy atom. The van der Waals surface area contributed by atoms with Gasteiger partial charge in [0.25, 0.3) is 0 Å². The first-order chi connectivity index (χ1) is 11.2. The van der Waals surface area contributed by atoms with Crippen LogP contribution >= 0.6 is 22.9 Å². The van der Waals surface area contributed by atoms with Crippen LogP contribution in [0.15, 0.2) is 53.9 Å². The zero-order chi connectivity index (χ0) is 15.8. The van der Waals surface area contributed by atoms with Crippen molar-refractivity contribution in [3.8, 4) is 27.6 Å². The Morgan fingerprint density at radius 3 is 2.70 bits per heavy atom. The Labute approximate surface area is 141 Å². The van der Waals surface area contributed by atoms with Gasteiger partial charge >= 0.3 is 0 Å². The number of thiophene rings is 1. The van der Waals surface area contributed by atoms with Gasteiger partial charge in [0.1, 0.15) is 5.69 Å². The molecule has 0 bridgehead atoms. The smallest absolute Gasteiger partial charge is 0.215 e. The molecular formula is C17H12ClN3OS. The monoisotopic (exact) mass is 341 g/mol. The van der Waals surface area contributed by atoms with Crippen molar-refractivity contribution >= 4 is 28.6 Å². The van der Waals surface area contributed by atoms with Crippen LogP contribution in [0.2, 0.25) is 0 Å². The summed E-state index contributed by atoms with van der Waals surface area (Å²) >= 11 is 7.41. The molecule has 0 aliphatic rings. The summed E-state index contributed by atoms with van der Waals surface area (Å²) in [4.78, 5) is 5.41. The van der Waals surface area contributed by atoms with Crippen molar-refractivity contribution in [2.45, 2.75) is 5.88 Å². The van der Waals surface area contributed by atoms with E-state index in [4.69, 9.17) is 11.6 Å². The molecule has 3 aromatic heterocycles. The molecule has 6 heteroatoms. The summed E-state index contributed by atoms with van der Waals surface area (Å²) in [5.41, 5.74) is 4.32. The van der Waals surface area contributed by atoms with Gasteiger partial charge in [-0.1, -0.05) is 30.3 Å². The predicted octanol–water partition coefficient (Wildman–Crippen LogP) is 4.57. The van der Waals surface area contributed by atoms with Gasteiger partial charge in [-0.2, -0.15) is 9.61 Å². The molecule has 0 saturated heterocycles. The van der Waals surface area contributed by atoms with Crippen LogP contribution in [-0.2, 0) is 5.88 Å². The molecule has 0 atom stereocenters. The SMILES string of the molecule is Oc1cc(CCl)nc2cc(-c3cc(-c4ccccc4)cs3)nn12. The molecule has 0 fully saturated rings. The van der Waals surface area contributed by atoms with Crippen molar-refractivity contribution in [1.82, 2.24) is 14.6 Å². The van der Waals surface area contributed by atoms with Crippen LogP contribution in [-0.4, -0.2) is 19.7 Å². The van der Waals surface area contributed by atoms with Crippen LogP contribution < -0.4 is 0 Å². The number of hydrogen-bond acceptors (Lipinski definition) is 4. The van der Waals surface area contributed by atoms with Crippen LogP contribution in [0.3, 0.4) is 0 Å². The molecule has 4 nitrogen and oxygen atoms in total. The standard InChI is InChI=1S/C17H12ClN3OS/c18-9-13-7-17(22)21-16(19-13)8-14(20-21)15-6-12(10-23-15)11-4-2-1-3-5-11/h1-8,10,22H,9H2. The highest BCUT2D eigenvalue weighted by molar-refractivity contribution is 7.14. The van der Waals surface area contributed by atoms with Gasteiger partial charge in [0, 0.05) is 12.1 Å². The lowest BCUT2D eigenvalue weighted by atomic mass is 10.1. The summed E-state index contributed by atoms with van der Waals surface area (Å²) in [6.45, 7) is 0. The minimum absolute atomic E-state index is 0.0386. The first-order valence-electron chi connectivity index (χ1n) is 7.03. The molecule has 1 aromatic carbocycles. The summed E-state index contributed by atoms with van der Waals surface area (Å²) in [6, 6.07) is 15.7. The van der Waals surface area contributed by atoms with Gasteiger partial charge in [0.15, 0.2) is 5.65 Å². The fourth-order valence-electron chi connectivity index (χ4n) is 2.45. The van der Waals surface area contributed by atoms with E-state index in [1.165, 1.54) is 16.1 Å². The molecule has 4 rings (SSSR count). The second-order valence-electron chi connectivity index (χ2n) is 5.10. The summed E-state index contributed by atoms with van der Waals surface area (Å²) in [6.07, 6.45) is 0. The number of hydrogen-bond donors (Lipinski definition) is 1. The summed E-state index contributed by atoms with van der Waals surface area (Å²) in [5.74, 6) is 0.290. The lowest BCUT2D eigenvalue weighted by Gasteiger charge is -1.99. The fourth-order valence-corrected chi connectivity index (χ4v) is 3.46. The van der Waals surface area contributed by atoms with Crippen LogP contribution in [0, 0.1) is 0 Å². The Bertz CT molecular complexity index is 978. The Hall–Kier alpha value is -2.37. The average molecular weight is 342 g/mol. The van der Waals surface area contributed by atoms with E-state index in [1.807, 2.05) is 24.3 Å². The van der Waals surface area contributed by atoms with Crippen molar-refractivity contribution in [3.05, 3.63) is 59.6 Å². The maximum absolute atomic E-state index is 10.0. The van der Waals surface area contributed by atoms with E-state index >= 15 is 0 Å². The summed E-state index contributed by atoms with van der Waals surface area (Å²) in [7, 11) is 0. The first-order valence-corrected chi connectivity index (χ1v) is 8.45. The third-order valence-electron chi connectivity index (χ3n) is 3.56. The van der Waals surface area contributed by atoms with E-state index in [1.54, 1.807) is 11.3 Å². The quantitative estimate of drug-likeness (QED) is 0.555. The first kappa shape index (κ1) is 14.2. The summed E-state index contributed by atoms with van der Waals surface area (Å²) in [5, 5.41) is 16.6. The van der Waals surface area contributed by atoms with Gasteiger partial charge in [0.05, 0.1) is 16.5 Å². The second kappa shape index (κ2) is 5.68. The minimum atomic E-state index is 0.0386. The lowest BCUT2D eigenvalue weighted by molar-refractivity contribution is 0.434. The molecule has 114 valence electrons. The van der Waals surface area contributed by atoms with E-state index in [9.17, 15) is 5.11 Å². The van der Waals surface area contributed by atoms with E-state index < -0.39 is 0 Å². The van der Waals surface area contributed by atoms with Crippen LogP contribution in [0.25, 0.3) is 27.3 Å². The zero-order valence-corrected chi connectivity index (χ0v) is 13.6. The second-order valence-corrected chi connectivity index (χ2v) is 6.28. The molecule has 0 saturated carbocycles. The minimum Gasteiger partial charge on any atom is -0.493 e. The van der Waals surface area contributed by atoms with Crippen LogP contribution in [0.4, 0.5) is 0 Å². The largest absolute Gasteiger partial charge is 0.493 e. The number of aromatic hydroxyl groups is 1. The molecule has 0 amide bonds. The van der Waals surface area contributed by atoms with Gasteiger partial charge in [-0.05, 0) is 22.6 Å². The van der Waals surface area contributed by atoms with Crippen molar-refractivity contribution in [2.75, 3.05) is 0 Å². The average Bonchev–Trinajstić information content (AvgIpc) is 3.22. The van der Waals surface area contributed by atoms with Gasteiger partial charge in [-0.25, -0.2) is 4.98 Å². The number of benzene rings is 1. The molecule has 0 radical (unpaired) electrons. The highest BCUT2D eigenvalue weighted by Crippen LogP contribution is 2.32. The molecular weight excluding hydrogens is 330 g/mol. The van der Waals surface area contributed by atoms with E-state index in [-0.39, 0.29) is 11.8 Å².